The van der Waals surface area contributed by atoms with Crippen molar-refractivity contribution in [2.45, 2.75) is 82.3 Å². The standard InChI is InChI=1S/C28H40O5Si/c1-22-19-28(20-30-21-29)26(32-22)16-15-23(33-28)17-18-31-34(27(2,3)4,24-11-7-5-8-12-24)25-13-9-6-10-14-25/h5-14,22-23,26,29H,15-21H2,1-4H3/t22?,23-,26+,28-/m1/s1. The van der Waals surface area contributed by atoms with Crippen molar-refractivity contribution in [1.29, 1.82) is 0 Å². The zero-order valence-electron chi connectivity index (χ0n) is 21.0. The first-order valence-corrected chi connectivity index (χ1v) is 14.5. The van der Waals surface area contributed by atoms with Gasteiger partial charge in [0, 0.05) is 13.0 Å². The number of benzene rings is 2. The lowest BCUT2D eigenvalue weighted by molar-refractivity contribution is -0.201. The maximum absolute atomic E-state index is 9.24. The third-order valence-electron chi connectivity index (χ3n) is 7.38. The van der Waals surface area contributed by atoms with Gasteiger partial charge >= 0.3 is 0 Å². The predicted molar refractivity (Wildman–Crippen MR) is 137 cm³/mol. The Kier molecular flexibility index (Phi) is 7.97. The molecule has 2 fully saturated rings. The average Bonchev–Trinajstić information content (AvgIpc) is 3.16. The Morgan fingerprint density at radius 2 is 1.62 bits per heavy atom. The summed E-state index contributed by atoms with van der Waals surface area (Å²) in [4.78, 5) is 0. The molecule has 34 heavy (non-hydrogen) atoms. The summed E-state index contributed by atoms with van der Waals surface area (Å²) in [7, 11) is -2.55. The van der Waals surface area contributed by atoms with Crippen molar-refractivity contribution in [2.24, 2.45) is 0 Å². The average molecular weight is 485 g/mol. The predicted octanol–water partition coefficient (Wildman–Crippen LogP) is 4.01. The third-order valence-corrected chi connectivity index (χ3v) is 12.4. The Hall–Kier alpha value is -1.54. The third kappa shape index (κ3) is 5.03. The Morgan fingerprint density at radius 3 is 2.18 bits per heavy atom. The molecule has 5 nitrogen and oxygen atoms in total. The fourth-order valence-electron chi connectivity index (χ4n) is 5.97. The van der Waals surface area contributed by atoms with Crippen LogP contribution in [-0.4, -0.2) is 57.3 Å². The highest BCUT2D eigenvalue weighted by molar-refractivity contribution is 6.99. The molecule has 6 heteroatoms. The van der Waals surface area contributed by atoms with E-state index in [4.69, 9.17) is 18.6 Å². The van der Waals surface area contributed by atoms with E-state index in [0.29, 0.717) is 13.2 Å². The summed E-state index contributed by atoms with van der Waals surface area (Å²) in [6, 6.07) is 21.5. The van der Waals surface area contributed by atoms with E-state index < -0.39 is 13.9 Å². The van der Waals surface area contributed by atoms with Crippen molar-refractivity contribution in [1.82, 2.24) is 0 Å². The molecule has 2 saturated heterocycles. The summed E-state index contributed by atoms with van der Waals surface area (Å²) >= 11 is 0. The van der Waals surface area contributed by atoms with Crippen LogP contribution >= 0.6 is 0 Å². The molecule has 2 aliphatic rings. The van der Waals surface area contributed by atoms with Gasteiger partial charge in [-0.25, -0.2) is 0 Å². The maximum Gasteiger partial charge on any atom is 0.261 e. The second-order valence-electron chi connectivity index (χ2n) is 10.8. The summed E-state index contributed by atoms with van der Waals surface area (Å²) < 4.78 is 25.3. The van der Waals surface area contributed by atoms with Crippen LogP contribution in [0, 0.1) is 0 Å². The highest BCUT2D eigenvalue weighted by atomic mass is 28.4. The van der Waals surface area contributed by atoms with Crippen LogP contribution in [0.2, 0.25) is 5.04 Å². The van der Waals surface area contributed by atoms with Gasteiger partial charge in [0.1, 0.15) is 12.4 Å². The first-order chi connectivity index (χ1) is 16.3. The molecule has 2 heterocycles. The van der Waals surface area contributed by atoms with Gasteiger partial charge in [-0.15, -0.1) is 0 Å². The lowest BCUT2D eigenvalue weighted by atomic mass is 9.87. The van der Waals surface area contributed by atoms with Crippen molar-refractivity contribution >= 4 is 18.7 Å². The topological polar surface area (TPSA) is 57.2 Å². The normalized spacial score (nSPS) is 27.5. The molecule has 0 aromatic heterocycles. The number of hydrogen-bond donors (Lipinski definition) is 1. The highest BCUT2D eigenvalue weighted by Crippen LogP contribution is 2.43. The van der Waals surface area contributed by atoms with Crippen molar-refractivity contribution in [2.75, 3.05) is 20.0 Å². The molecule has 0 saturated carbocycles. The van der Waals surface area contributed by atoms with Crippen LogP contribution in [0.5, 0.6) is 0 Å². The minimum Gasteiger partial charge on any atom is -0.407 e. The fraction of sp³-hybridized carbons (Fsp3) is 0.571. The van der Waals surface area contributed by atoms with Crippen LogP contribution in [0.15, 0.2) is 60.7 Å². The molecular weight excluding hydrogens is 444 g/mol. The molecule has 2 aromatic carbocycles. The fourth-order valence-corrected chi connectivity index (χ4v) is 10.5. The number of rotatable bonds is 9. The molecular formula is C28H40O5Si. The quantitative estimate of drug-likeness (QED) is 0.430. The van der Waals surface area contributed by atoms with Gasteiger partial charge in [-0.05, 0) is 41.6 Å². The number of ether oxygens (including phenoxy) is 3. The molecule has 0 bridgehead atoms. The highest BCUT2D eigenvalue weighted by Gasteiger charge is 2.53. The van der Waals surface area contributed by atoms with E-state index in [9.17, 15) is 5.11 Å². The van der Waals surface area contributed by atoms with Gasteiger partial charge < -0.3 is 23.7 Å². The molecule has 0 amide bonds. The van der Waals surface area contributed by atoms with Crippen LogP contribution in [0.3, 0.4) is 0 Å². The lowest BCUT2D eigenvalue weighted by Gasteiger charge is -2.44. The maximum atomic E-state index is 9.24. The van der Waals surface area contributed by atoms with Gasteiger partial charge in [-0.2, -0.15) is 0 Å². The first-order valence-electron chi connectivity index (χ1n) is 12.6. The van der Waals surface area contributed by atoms with Crippen LogP contribution in [0.25, 0.3) is 0 Å². The van der Waals surface area contributed by atoms with Crippen molar-refractivity contribution in [3.05, 3.63) is 60.7 Å². The van der Waals surface area contributed by atoms with Crippen LogP contribution in [-0.2, 0) is 18.6 Å². The zero-order valence-corrected chi connectivity index (χ0v) is 22.0. The van der Waals surface area contributed by atoms with E-state index in [0.717, 1.165) is 25.7 Å². The summed E-state index contributed by atoms with van der Waals surface area (Å²) in [5.74, 6) is 0. The molecule has 0 spiro atoms. The molecule has 1 unspecified atom stereocenters. The first kappa shape index (κ1) is 25.5. The molecule has 2 aliphatic heterocycles. The smallest absolute Gasteiger partial charge is 0.261 e. The molecule has 0 aliphatic carbocycles. The minimum atomic E-state index is -2.55. The number of aliphatic hydroxyl groups is 1. The number of aliphatic hydroxyl groups excluding tert-OH is 1. The largest absolute Gasteiger partial charge is 0.407 e. The van der Waals surface area contributed by atoms with Gasteiger partial charge in [0.05, 0.1) is 24.9 Å². The van der Waals surface area contributed by atoms with Crippen molar-refractivity contribution < 1.29 is 23.7 Å². The Bertz CT molecular complexity index is 861. The summed E-state index contributed by atoms with van der Waals surface area (Å²) in [5, 5.41) is 11.8. The lowest BCUT2D eigenvalue weighted by Crippen LogP contribution is -2.66. The van der Waals surface area contributed by atoms with E-state index >= 15 is 0 Å². The zero-order chi connectivity index (χ0) is 24.2. The summed E-state index contributed by atoms with van der Waals surface area (Å²) in [6.45, 7) is 9.70. The van der Waals surface area contributed by atoms with Gasteiger partial charge in [0.15, 0.2) is 0 Å². The van der Waals surface area contributed by atoms with Crippen molar-refractivity contribution in [3.8, 4) is 0 Å². The second kappa shape index (κ2) is 10.6. The monoisotopic (exact) mass is 484 g/mol. The van der Waals surface area contributed by atoms with Crippen LogP contribution in [0.1, 0.15) is 53.4 Å². The molecule has 4 rings (SSSR count). The van der Waals surface area contributed by atoms with Crippen LogP contribution < -0.4 is 10.4 Å². The van der Waals surface area contributed by atoms with E-state index in [1.807, 2.05) is 0 Å². The summed E-state index contributed by atoms with van der Waals surface area (Å²) in [5.41, 5.74) is -0.470. The van der Waals surface area contributed by atoms with E-state index in [1.165, 1.54) is 10.4 Å². The van der Waals surface area contributed by atoms with E-state index in [1.54, 1.807) is 0 Å². The van der Waals surface area contributed by atoms with Crippen LogP contribution in [0.4, 0.5) is 0 Å². The van der Waals surface area contributed by atoms with Gasteiger partial charge in [0.25, 0.3) is 8.32 Å². The minimum absolute atomic E-state index is 0.0305. The van der Waals surface area contributed by atoms with E-state index in [2.05, 4.69) is 88.4 Å². The molecule has 186 valence electrons. The van der Waals surface area contributed by atoms with Gasteiger partial charge in [0.2, 0.25) is 0 Å². The molecule has 0 radical (unpaired) electrons. The molecule has 2 aromatic rings. The Morgan fingerprint density at radius 1 is 1.00 bits per heavy atom. The number of hydrogen-bond acceptors (Lipinski definition) is 5. The van der Waals surface area contributed by atoms with Gasteiger partial charge in [-0.1, -0.05) is 81.4 Å². The summed E-state index contributed by atoms with van der Waals surface area (Å²) in [6.07, 6.45) is 3.77. The molecule has 1 N–H and O–H groups in total. The van der Waals surface area contributed by atoms with Gasteiger partial charge in [-0.3, -0.25) is 0 Å². The second-order valence-corrected chi connectivity index (χ2v) is 15.1. The van der Waals surface area contributed by atoms with Crippen molar-refractivity contribution in [3.63, 3.8) is 0 Å². The SMILES string of the molecule is CC1C[C@]2(COCO)O[C@@H](CCO[Si](c3ccccc3)(c3ccccc3)C(C)(C)C)CC[C@@H]2O1. The Labute approximate surface area is 205 Å². The number of fused-ring (bicyclic) bond motifs is 1. The molecule has 4 atom stereocenters. The Balaban J connectivity index is 1.54. The van der Waals surface area contributed by atoms with E-state index in [-0.39, 0.29) is 30.1 Å².